The van der Waals surface area contributed by atoms with Crippen LogP contribution in [-0.2, 0) is 0 Å². The molecule has 0 atom stereocenters. The lowest BCUT2D eigenvalue weighted by Crippen LogP contribution is -1.96. The molecule has 2 nitrogen and oxygen atoms in total. The van der Waals surface area contributed by atoms with Crippen molar-refractivity contribution < 1.29 is 4.79 Å². The highest BCUT2D eigenvalue weighted by atomic mass is 16.1. The Morgan fingerprint density at radius 1 is 1.18 bits per heavy atom. The van der Waals surface area contributed by atoms with Gasteiger partial charge in [-0.3, -0.25) is 9.78 Å². The zero-order valence-electron chi connectivity index (χ0n) is 9.63. The highest BCUT2D eigenvalue weighted by Crippen LogP contribution is 2.09. The molecule has 2 aromatic rings. The second kappa shape index (κ2) is 5.21. The van der Waals surface area contributed by atoms with Crippen LogP contribution in [0.1, 0.15) is 21.5 Å². The molecule has 2 heteroatoms. The number of hydrogen-bond donors (Lipinski definition) is 0. The molecule has 84 valence electrons. The second-order valence-electron chi connectivity index (χ2n) is 3.80. The molecule has 17 heavy (non-hydrogen) atoms. The van der Waals surface area contributed by atoms with Crippen LogP contribution in [-0.4, -0.2) is 10.8 Å². The molecule has 0 radical (unpaired) electrons. The molecule has 0 fully saturated rings. The van der Waals surface area contributed by atoms with E-state index in [0.717, 1.165) is 16.7 Å². The van der Waals surface area contributed by atoms with Crippen molar-refractivity contribution in [3.8, 4) is 0 Å². The van der Waals surface area contributed by atoms with Gasteiger partial charge in [0.15, 0.2) is 5.78 Å². The monoisotopic (exact) mass is 223 g/mol. The molecule has 0 bridgehead atoms. The number of nitrogens with zero attached hydrogens (tertiary/aromatic N) is 1. The number of benzene rings is 1. The smallest absolute Gasteiger partial charge is 0.186 e. The number of carbonyl (C=O) groups is 1. The summed E-state index contributed by atoms with van der Waals surface area (Å²) in [5.41, 5.74) is 2.66. The molecule has 0 aliphatic rings. The maximum absolute atomic E-state index is 11.9. The number of pyridine rings is 1. The molecule has 0 saturated carbocycles. The quantitative estimate of drug-likeness (QED) is 0.590. The number of aryl methyl sites for hydroxylation is 1. The van der Waals surface area contributed by atoms with Crippen molar-refractivity contribution in [2.24, 2.45) is 0 Å². The number of allylic oxidation sites excluding steroid dienone is 1. The van der Waals surface area contributed by atoms with Crippen molar-refractivity contribution in [1.82, 2.24) is 4.98 Å². The third-order valence-corrected chi connectivity index (χ3v) is 2.52. The summed E-state index contributed by atoms with van der Waals surface area (Å²) in [7, 11) is 0. The van der Waals surface area contributed by atoms with Crippen LogP contribution in [0.25, 0.3) is 6.08 Å². The highest BCUT2D eigenvalue weighted by Gasteiger charge is 2.03. The first-order valence-corrected chi connectivity index (χ1v) is 5.45. The molecule has 1 aromatic heterocycles. The van der Waals surface area contributed by atoms with Crippen LogP contribution in [0.5, 0.6) is 0 Å². The number of rotatable bonds is 3. The van der Waals surface area contributed by atoms with Gasteiger partial charge in [0.2, 0.25) is 0 Å². The zero-order chi connectivity index (χ0) is 12.1. The fourth-order valence-corrected chi connectivity index (χ4v) is 1.59. The van der Waals surface area contributed by atoms with Crippen LogP contribution >= 0.6 is 0 Å². The van der Waals surface area contributed by atoms with Gasteiger partial charge in [0, 0.05) is 18.0 Å². The van der Waals surface area contributed by atoms with Crippen LogP contribution in [0, 0.1) is 6.92 Å². The Hall–Kier alpha value is -2.22. The summed E-state index contributed by atoms with van der Waals surface area (Å²) in [6, 6.07) is 11.3. The van der Waals surface area contributed by atoms with Gasteiger partial charge >= 0.3 is 0 Å². The van der Waals surface area contributed by atoms with E-state index in [2.05, 4.69) is 4.98 Å². The summed E-state index contributed by atoms with van der Waals surface area (Å²) in [6.07, 6.45) is 6.79. The molecular weight excluding hydrogens is 210 g/mol. The molecule has 1 heterocycles. The molecule has 0 unspecified atom stereocenters. The minimum atomic E-state index is 0.0203. The van der Waals surface area contributed by atoms with Crippen molar-refractivity contribution in [2.45, 2.75) is 6.92 Å². The lowest BCUT2D eigenvalue weighted by atomic mass is 10.0. The van der Waals surface area contributed by atoms with Crippen molar-refractivity contribution in [3.63, 3.8) is 0 Å². The largest absolute Gasteiger partial charge is 0.289 e. The standard InChI is InChI=1S/C15H13NO/c1-12-5-2-3-7-14(12)15(17)9-8-13-6-4-10-16-11-13/h2-11H,1H3. The summed E-state index contributed by atoms with van der Waals surface area (Å²) in [5.74, 6) is 0.0203. The van der Waals surface area contributed by atoms with Crippen molar-refractivity contribution >= 4 is 11.9 Å². The van der Waals surface area contributed by atoms with Gasteiger partial charge < -0.3 is 0 Å². The third-order valence-electron chi connectivity index (χ3n) is 2.52. The molecule has 0 aliphatic heterocycles. The topological polar surface area (TPSA) is 30.0 Å². The minimum absolute atomic E-state index is 0.0203. The Morgan fingerprint density at radius 3 is 2.71 bits per heavy atom. The summed E-state index contributed by atoms with van der Waals surface area (Å²) in [5, 5.41) is 0. The fraction of sp³-hybridized carbons (Fsp3) is 0.0667. The molecule has 0 spiro atoms. The maximum Gasteiger partial charge on any atom is 0.186 e. The van der Waals surface area contributed by atoms with Gasteiger partial charge in [-0.25, -0.2) is 0 Å². The number of aromatic nitrogens is 1. The Morgan fingerprint density at radius 2 is 2.00 bits per heavy atom. The zero-order valence-corrected chi connectivity index (χ0v) is 9.63. The van der Waals surface area contributed by atoms with E-state index in [0.29, 0.717) is 0 Å². The Labute approximate surface area is 101 Å². The van der Waals surface area contributed by atoms with Gasteiger partial charge in [-0.15, -0.1) is 0 Å². The predicted octanol–water partition coefficient (Wildman–Crippen LogP) is 3.29. The highest BCUT2D eigenvalue weighted by molar-refractivity contribution is 6.07. The van der Waals surface area contributed by atoms with E-state index in [1.807, 2.05) is 43.3 Å². The van der Waals surface area contributed by atoms with Crippen molar-refractivity contribution in [1.29, 1.82) is 0 Å². The van der Waals surface area contributed by atoms with E-state index >= 15 is 0 Å². The van der Waals surface area contributed by atoms with Gasteiger partial charge in [0.05, 0.1) is 0 Å². The van der Waals surface area contributed by atoms with Gasteiger partial charge in [0.25, 0.3) is 0 Å². The average Bonchev–Trinajstić information content (AvgIpc) is 2.38. The summed E-state index contributed by atoms with van der Waals surface area (Å²) >= 11 is 0. The van der Waals surface area contributed by atoms with Crippen LogP contribution in [0.4, 0.5) is 0 Å². The summed E-state index contributed by atoms with van der Waals surface area (Å²) < 4.78 is 0. The van der Waals surface area contributed by atoms with Gasteiger partial charge in [-0.1, -0.05) is 30.3 Å². The van der Waals surface area contributed by atoms with Crippen LogP contribution in [0.3, 0.4) is 0 Å². The van der Waals surface area contributed by atoms with Crippen molar-refractivity contribution in [3.05, 3.63) is 71.6 Å². The van der Waals surface area contributed by atoms with E-state index < -0.39 is 0 Å². The van der Waals surface area contributed by atoms with Crippen LogP contribution in [0.2, 0.25) is 0 Å². The number of hydrogen-bond acceptors (Lipinski definition) is 2. The average molecular weight is 223 g/mol. The fourth-order valence-electron chi connectivity index (χ4n) is 1.59. The first-order valence-electron chi connectivity index (χ1n) is 5.45. The first kappa shape index (κ1) is 11.3. The van der Waals surface area contributed by atoms with E-state index in [1.54, 1.807) is 24.5 Å². The summed E-state index contributed by atoms with van der Waals surface area (Å²) in [6.45, 7) is 1.94. The molecule has 0 saturated heterocycles. The van der Waals surface area contributed by atoms with E-state index in [1.165, 1.54) is 0 Å². The molecular formula is C15H13NO. The second-order valence-corrected chi connectivity index (χ2v) is 3.80. The van der Waals surface area contributed by atoms with Crippen molar-refractivity contribution in [2.75, 3.05) is 0 Å². The van der Waals surface area contributed by atoms with Crippen LogP contribution in [0.15, 0.2) is 54.9 Å². The van der Waals surface area contributed by atoms with Gasteiger partial charge in [-0.2, -0.15) is 0 Å². The first-order chi connectivity index (χ1) is 8.27. The Bertz CT molecular complexity index is 544. The van der Waals surface area contributed by atoms with E-state index in [-0.39, 0.29) is 5.78 Å². The van der Waals surface area contributed by atoms with E-state index in [9.17, 15) is 4.79 Å². The molecule has 1 aromatic carbocycles. The molecule has 0 N–H and O–H groups in total. The third kappa shape index (κ3) is 2.88. The molecule has 2 rings (SSSR count). The molecule has 0 amide bonds. The van der Waals surface area contributed by atoms with Crippen LogP contribution < -0.4 is 0 Å². The van der Waals surface area contributed by atoms with E-state index in [4.69, 9.17) is 0 Å². The Balaban J connectivity index is 2.18. The maximum atomic E-state index is 11.9. The Kier molecular flexibility index (Phi) is 3.46. The summed E-state index contributed by atoms with van der Waals surface area (Å²) in [4.78, 5) is 15.9. The predicted molar refractivity (Wildman–Crippen MR) is 68.8 cm³/mol. The van der Waals surface area contributed by atoms with Gasteiger partial charge in [0.1, 0.15) is 0 Å². The SMILES string of the molecule is Cc1ccccc1C(=O)C=Cc1cccnc1. The van der Waals surface area contributed by atoms with Gasteiger partial charge in [-0.05, 0) is 36.3 Å². The number of ketones is 1. The molecule has 0 aliphatic carbocycles. The lowest BCUT2D eigenvalue weighted by Gasteiger charge is -1.99. The minimum Gasteiger partial charge on any atom is -0.289 e. The lowest BCUT2D eigenvalue weighted by molar-refractivity contribution is 0.104. The number of carbonyl (C=O) groups excluding carboxylic acids is 1. The normalized spacial score (nSPS) is 10.6.